The number of hydrogen-bond acceptors (Lipinski definition) is 5. The molecule has 2 aromatic rings. The van der Waals surface area contributed by atoms with E-state index in [0.717, 1.165) is 22.6 Å². The third kappa shape index (κ3) is 3.59. The van der Waals surface area contributed by atoms with Gasteiger partial charge in [0.25, 0.3) is 5.91 Å². The van der Waals surface area contributed by atoms with Crippen LogP contribution in [0.25, 0.3) is 11.8 Å². The lowest BCUT2D eigenvalue weighted by molar-refractivity contribution is -0.115. The van der Waals surface area contributed by atoms with Gasteiger partial charge in [-0.1, -0.05) is 24.0 Å². The van der Waals surface area contributed by atoms with E-state index in [0.29, 0.717) is 21.4 Å². The van der Waals surface area contributed by atoms with Crippen LogP contribution in [0.2, 0.25) is 0 Å². The molecule has 1 N–H and O–H groups in total. The standard InChI is InChI=1S/C19H18N2O3S2/c1-4-24-18(23)13-5-7-15(8-6-13)21-11(2)9-14(12(21)3)10-16-17(22)20-19(25)26-16/h5-10H,4H2,1-3H3,(H,20,22,25). The fourth-order valence-electron chi connectivity index (χ4n) is 2.85. The van der Waals surface area contributed by atoms with Crippen LogP contribution in [0.3, 0.4) is 0 Å². The van der Waals surface area contributed by atoms with Crippen molar-refractivity contribution < 1.29 is 14.3 Å². The van der Waals surface area contributed by atoms with Crippen LogP contribution in [0.15, 0.2) is 35.2 Å². The Balaban J connectivity index is 1.93. The van der Waals surface area contributed by atoms with Crippen molar-refractivity contribution in [1.82, 2.24) is 9.88 Å². The number of rotatable bonds is 4. The molecular formula is C19H18N2O3S2. The van der Waals surface area contributed by atoms with Crippen LogP contribution in [0.4, 0.5) is 0 Å². The van der Waals surface area contributed by atoms with E-state index in [-0.39, 0.29) is 11.9 Å². The highest BCUT2D eigenvalue weighted by atomic mass is 32.2. The molecule has 5 nitrogen and oxygen atoms in total. The molecule has 1 saturated heterocycles. The predicted molar refractivity (Wildman–Crippen MR) is 108 cm³/mol. The molecule has 0 saturated carbocycles. The maximum Gasteiger partial charge on any atom is 0.338 e. The zero-order valence-corrected chi connectivity index (χ0v) is 16.3. The second-order valence-electron chi connectivity index (χ2n) is 5.78. The van der Waals surface area contributed by atoms with Crippen LogP contribution in [0.1, 0.15) is 34.2 Å². The third-order valence-electron chi connectivity index (χ3n) is 4.04. The van der Waals surface area contributed by atoms with Crippen molar-refractivity contribution in [3.05, 3.63) is 57.8 Å². The molecule has 0 bridgehead atoms. The van der Waals surface area contributed by atoms with Crippen LogP contribution >= 0.6 is 24.0 Å². The van der Waals surface area contributed by atoms with Crippen molar-refractivity contribution in [3.63, 3.8) is 0 Å². The summed E-state index contributed by atoms with van der Waals surface area (Å²) in [5.41, 5.74) is 4.46. The second kappa shape index (κ2) is 7.47. The van der Waals surface area contributed by atoms with Gasteiger partial charge in [-0.05, 0) is 62.7 Å². The zero-order chi connectivity index (χ0) is 18.8. The molecule has 1 aliphatic rings. The Labute approximate surface area is 161 Å². The molecule has 0 unspecified atom stereocenters. The van der Waals surface area contributed by atoms with Gasteiger partial charge in [0.05, 0.1) is 17.1 Å². The van der Waals surface area contributed by atoms with E-state index in [1.165, 1.54) is 11.8 Å². The van der Waals surface area contributed by atoms with Gasteiger partial charge >= 0.3 is 5.97 Å². The normalized spacial score (nSPS) is 15.4. The van der Waals surface area contributed by atoms with Gasteiger partial charge in [0.1, 0.15) is 4.32 Å². The number of aromatic nitrogens is 1. The van der Waals surface area contributed by atoms with E-state index in [2.05, 4.69) is 9.88 Å². The van der Waals surface area contributed by atoms with Gasteiger partial charge in [-0.3, -0.25) is 4.79 Å². The van der Waals surface area contributed by atoms with Gasteiger partial charge < -0.3 is 14.6 Å². The van der Waals surface area contributed by atoms with E-state index in [9.17, 15) is 9.59 Å². The van der Waals surface area contributed by atoms with E-state index < -0.39 is 0 Å². The Morgan fingerprint density at radius 3 is 2.58 bits per heavy atom. The first-order chi connectivity index (χ1) is 12.4. The molecule has 26 heavy (non-hydrogen) atoms. The highest BCUT2D eigenvalue weighted by molar-refractivity contribution is 8.26. The van der Waals surface area contributed by atoms with Gasteiger partial charge in [0.15, 0.2) is 0 Å². The number of thioether (sulfide) groups is 1. The van der Waals surface area contributed by atoms with Gasteiger partial charge in [0, 0.05) is 17.1 Å². The molecule has 134 valence electrons. The average molecular weight is 386 g/mol. The quantitative estimate of drug-likeness (QED) is 0.493. The summed E-state index contributed by atoms with van der Waals surface area (Å²) in [5.74, 6) is -0.491. The minimum absolute atomic E-state index is 0.163. The maximum atomic E-state index is 11.9. The van der Waals surface area contributed by atoms with Gasteiger partial charge in [-0.15, -0.1) is 0 Å². The number of aryl methyl sites for hydroxylation is 1. The van der Waals surface area contributed by atoms with Crippen LogP contribution in [0, 0.1) is 13.8 Å². The third-order valence-corrected chi connectivity index (χ3v) is 5.20. The van der Waals surface area contributed by atoms with E-state index in [1.807, 2.05) is 38.1 Å². The van der Waals surface area contributed by atoms with E-state index in [1.54, 1.807) is 19.1 Å². The van der Waals surface area contributed by atoms with Gasteiger partial charge in [-0.2, -0.15) is 0 Å². The van der Waals surface area contributed by atoms with Crippen LogP contribution in [0.5, 0.6) is 0 Å². The topological polar surface area (TPSA) is 60.3 Å². The number of carbonyl (C=O) groups is 2. The summed E-state index contributed by atoms with van der Waals surface area (Å²) < 4.78 is 7.57. The molecule has 3 rings (SSSR count). The van der Waals surface area contributed by atoms with Gasteiger partial charge in [-0.25, -0.2) is 4.79 Å². The van der Waals surface area contributed by atoms with Crippen LogP contribution in [-0.4, -0.2) is 27.4 Å². The SMILES string of the molecule is CCOC(=O)c1ccc(-n2c(C)cc(C=C3SC(=S)NC3=O)c2C)cc1. The summed E-state index contributed by atoms with van der Waals surface area (Å²) in [7, 11) is 0. The molecule has 1 aliphatic heterocycles. The molecule has 1 aromatic heterocycles. The van der Waals surface area contributed by atoms with E-state index >= 15 is 0 Å². The average Bonchev–Trinajstić information content (AvgIpc) is 3.06. The summed E-state index contributed by atoms with van der Waals surface area (Å²) in [4.78, 5) is 24.3. The highest BCUT2D eigenvalue weighted by Crippen LogP contribution is 2.29. The first kappa shape index (κ1) is 18.4. The minimum atomic E-state index is -0.328. The van der Waals surface area contributed by atoms with Crippen molar-refractivity contribution in [2.24, 2.45) is 0 Å². The zero-order valence-electron chi connectivity index (χ0n) is 14.7. The van der Waals surface area contributed by atoms with Crippen molar-refractivity contribution in [3.8, 4) is 5.69 Å². The number of nitrogens with zero attached hydrogens (tertiary/aromatic N) is 1. The van der Waals surface area contributed by atoms with Crippen molar-refractivity contribution in [2.75, 3.05) is 6.61 Å². The summed E-state index contributed by atoms with van der Waals surface area (Å²) in [6, 6.07) is 9.30. The number of esters is 1. The smallest absolute Gasteiger partial charge is 0.338 e. The Morgan fingerprint density at radius 1 is 1.31 bits per heavy atom. The second-order valence-corrected chi connectivity index (χ2v) is 7.50. The van der Waals surface area contributed by atoms with Crippen molar-refractivity contribution >= 4 is 46.3 Å². The molecule has 2 heterocycles. The number of carbonyl (C=O) groups excluding carboxylic acids is 2. The number of ether oxygens (including phenoxy) is 1. The van der Waals surface area contributed by atoms with Crippen molar-refractivity contribution in [2.45, 2.75) is 20.8 Å². The fourth-order valence-corrected chi connectivity index (χ4v) is 3.89. The molecular weight excluding hydrogens is 368 g/mol. The summed E-state index contributed by atoms with van der Waals surface area (Å²) >= 11 is 6.30. The van der Waals surface area contributed by atoms with E-state index in [4.69, 9.17) is 17.0 Å². The number of thiocarbonyl (C=S) groups is 1. The monoisotopic (exact) mass is 386 g/mol. The predicted octanol–water partition coefficient (Wildman–Crippen LogP) is 3.76. The molecule has 1 aromatic carbocycles. The molecule has 0 aliphatic carbocycles. The molecule has 1 fully saturated rings. The first-order valence-electron chi connectivity index (χ1n) is 8.12. The van der Waals surface area contributed by atoms with Crippen LogP contribution < -0.4 is 5.32 Å². The largest absolute Gasteiger partial charge is 0.462 e. The summed E-state index contributed by atoms with van der Waals surface area (Å²) in [6.45, 7) is 6.13. The molecule has 0 atom stereocenters. The summed E-state index contributed by atoms with van der Waals surface area (Å²) in [6.07, 6.45) is 1.85. The fraction of sp³-hybridized carbons (Fsp3) is 0.211. The Hall–Kier alpha value is -2.38. The van der Waals surface area contributed by atoms with Crippen LogP contribution in [-0.2, 0) is 9.53 Å². The first-order valence-corrected chi connectivity index (χ1v) is 9.34. The molecule has 1 amide bonds. The highest BCUT2D eigenvalue weighted by Gasteiger charge is 2.23. The minimum Gasteiger partial charge on any atom is -0.462 e. The Morgan fingerprint density at radius 2 is 2.00 bits per heavy atom. The number of nitrogens with one attached hydrogen (secondary N) is 1. The number of amides is 1. The lowest BCUT2D eigenvalue weighted by Gasteiger charge is -2.10. The maximum absolute atomic E-state index is 11.9. The molecule has 0 spiro atoms. The summed E-state index contributed by atoms with van der Waals surface area (Å²) in [5, 5.41) is 2.62. The number of benzene rings is 1. The lowest BCUT2D eigenvalue weighted by Crippen LogP contribution is -2.17. The number of hydrogen-bond donors (Lipinski definition) is 1. The lowest BCUT2D eigenvalue weighted by atomic mass is 10.2. The van der Waals surface area contributed by atoms with Crippen molar-refractivity contribution in [1.29, 1.82) is 0 Å². The molecule has 7 heteroatoms. The van der Waals surface area contributed by atoms with Gasteiger partial charge in [0.2, 0.25) is 0 Å². The Kier molecular flexibility index (Phi) is 5.29. The Bertz CT molecular complexity index is 927. The molecule has 0 radical (unpaired) electrons.